The van der Waals surface area contributed by atoms with E-state index in [2.05, 4.69) is 4.98 Å². The lowest BCUT2D eigenvalue weighted by Gasteiger charge is -2.15. The van der Waals surface area contributed by atoms with Crippen LogP contribution in [0.15, 0.2) is 28.3 Å². The molecule has 0 radical (unpaired) electrons. The van der Waals surface area contributed by atoms with E-state index in [1.54, 1.807) is 6.26 Å². The zero-order chi connectivity index (χ0) is 18.3. The van der Waals surface area contributed by atoms with Crippen molar-refractivity contribution in [2.24, 2.45) is 0 Å². The average Bonchev–Trinajstić information content (AvgIpc) is 2.74. The normalized spacial score (nSPS) is 12.7. The second kappa shape index (κ2) is 7.11. The van der Waals surface area contributed by atoms with Crippen molar-refractivity contribution in [1.82, 2.24) is 9.55 Å². The number of imidazole rings is 1. The van der Waals surface area contributed by atoms with Gasteiger partial charge in [-0.1, -0.05) is 11.6 Å². The lowest BCUT2D eigenvalue weighted by atomic mass is 10.2. The second-order valence-electron chi connectivity index (χ2n) is 4.27. The number of alkyl halides is 6. The summed E-state index contributed by atoms with van der Waals surface area (Å²) in [5.41, 5.74) is -0.821. The van der Waals surface area contributed by atoms with Crippen LogP contribution in [-0.4, -0.2) is 20.5 Å². The minimum absolute atomic E-state index is 0.0570. The second-order valence-corrected chi connectivity index (χ2v) is 7.70. The van der Waals surface area contributed by atoms with Crippen LogP contribution < -0.4 is 0 Å². The Morgan fingerprint density at radius 3 is 2.25 bits per heavy atom. The molecule has 0 amide bonds. The zero-order valence-corrected chi connectivity index (χ0v) is 15.4. The van der Waals surface area contributed by atoms with E-state index < -0.39 is 16.5 Å². The van der Waals surface area contributed by atoms with Gasteiger partial charge in [-0.25, -0.2) is 4.98 Å². The minimum atomic E-state index is -4.58. The van der Waals surface area contributed by atoms with Gasteiger partial charge in [0, 0.05) is 11.1 Å². The molecule has 0 atom stereocenters. The van der Waals surface area contributed by atoms with Crippen molar-refractivity contribution >= 4 is 58.3 Å². The molecule has 0 saturated heterocycles. The predicted molar refractivity (Wildman–Crippen MR) is 87.0 cm³/mol. The highest BCUT2D eigenvalue weighted by Crippen LogP contribution is 2.42. The molecule has 2 rings (SSSR count). The summed E-state index contributed by atoms with van der Waals surface area (Å²) in [5, 5.41) is -0.693. The quantitative estimate of drug-likeness (QED) is 0.294. The molecule has 0 unspecified atom stereocenters. The van der Waals surface area contributed by atoms with Gasteiger partial charge in [-0.2, -0.15) is 22.0 Å². The van der Waals surface area contributed by atoms with Gasteiger partial charge in [-0.15, -0.1) is 11.8 Å². The lowest BCUT2D eigenvalue weighted by Crippen LogP contribution is -2.07. The number of nitrogens with zero attached hydrogens (tertiary/aromatic N) is 2. The van der Waals surface area contributed by atoms with Crippen molar-refractivity contribution in [3.05, 3.63) is 34.2 Å². The molecule has 0 aliphatic rings. The van der Waals surface area contributed by atoms with Gasteiger partial charge in [0.25, 0.3) is 0 Å². The van der Waals surface area contributed by atoms with Crippen LogP contribution in [0.4, 0.5) is 22.0 Å². The first kappa shape index (κ1) is 20.0. The molecular formula is C12H6Cl3F5N2S2. The Morgan fingerprint density at radius 1 is 1.12 bits per heavy atom. The van der Waals surface area contributed by atoms with Gasteiger partial charge in [0.1, 0.15) is 5.03 Å². The monoisotopic (exact) mass is 442 g/mol. The Labute approximate surface area is 156 Å². The predicted octanol–water partition coefficient (Wildman–Crippen LogP) is 6.80. The van der Waals surface area contributed by atoms with E-state index in [-0.39, 0.29) is 37.7 Å². The van der Waals surface area contributed by atoms with Crippen LogP contribution >= 0.6 is 58.3 Å². The highest BCUT2D eigenvalue weighted by molar-refractivity contribution is 8.01. The van der Waals surface area contributed by atoms with Crippen LogP contribution in [0, 0.1) is 0 Å². The first-order chi connectivity index (χ1) is 10.9. The number of hydrogen-bond donors (Lipinski definition) is 0. The summed E-state index contributed by atoms with van der Waals surface area (Å²) in [7, 11) is 0. The maximum atomic E-state index is 12.9. The van der Waals surface area contributed by atoms with Crippen molar-refractivity contribution < 1.29 is 22.0 Å². The van der Waals surface area contributed by atoms with Gasteiger partial charge in [-0.05, 0) is 53.4 Å². The molecule has 2 nitrogen and oxygen atoms in total. The van der Waals surface area contributed by atoms with Gasteiger partial charge in [0.05, 0.1) is 16.3 Å². The molecule has 0 fully saturated rings. The van der Waals surface area contributed by atoms with E-state index in [1.165, 1.54) is 0 Å². The molecule has 1 aromatic heterocycles. The SMILES string of the molecule is CSc1cc(C(F)(F)F)cc(Cl)c1-n1cc(SC(F)(F)Cl)nc1Cl. The third-order valence-corrected chi connectivity index (χ3v) is 4.85. The molecule has 132 valence electrons. The molecule has 0 bridgehead atoms. The zero-order valence-electron chi connectivity index (χ0n) is 11.5. The molecule has 0 spiro atoms. The smallest absolute Gasteiger partial charge is 0.287 e. The summed E-state index contributed by atoms with van der Waals surface area (Å²) < 4.78 is 61.8. The van der Waals surface area contributed by atoms with E-state index in [0.717, 1.165) is 34.7 Å². The first-order valence-electron chi connectivity index (χ1n) is 5.88. The number of benzene rings is 1. The molecule has 0 saturated carbocycles. The van der Waals surface area contributed by atoms with Crippen LogP contribution in [0.1, 0.15) is 5.56 Å². The lowest BCUT2D eigenvalue weighted by molar-refractivity contribution is -0.137. The van der Waals surface area contributed by atoms with Crippen molar-refractivity contribution in [3.63, 3.8) is 0 Å². The number of thioether (sulfide) groups is 2. The van der Waals surface area contributed by atoms with Crippen LogP contribution in [0.25, 0.3) is 5.69 Å². The summed E-state index contributed by atoms with van der Waals surface area (Å²) in [6, 6.07) is 1.63. The standard InChI is InChI=1S/C12H6Cl3F5N2S2/c1-23-7-3-5(11(16,17)18)2-6(13)9(7)22-4-8(21-10(22)14)24-12(15,19)20/h2-4H,1H3. The van der Waals surface area contributed by atoms with Gasteiger partial charge in [-0.3, -0.25) is 4.57 Å². The van der Waals surface area contributed by atoms with Gasteiger partial charge in [0.2, 0.25) is 5.28 Å². The van der Waals surface area contributed by atoms with Crippen LogP contribution in [0.3, 0.4) is 0 Å². The average molecular weight is 444 g/mol. The molecule has 12 heteroatoms. The van der Waals surface area contributed by atoms with Crippen molar-refractivity contribution in [3.8, 4) is 5.69 Å². The highest BCUT2D eigenvalue weighted by Gasteiger charge is 2.33. The Kier molecular flexibility index (Phi) is 5.91. The summed E-state index contributed by atoms with van der Waals surface area (Å²) in [6.07, 6.45) is -1.91. The van der Waals surface area contributed by atoms with E-state index >= 15 is 0 Å². The molecule has 24 heavy (non-hydrogen) atoms. The Hall–Kier alpha value is -0.350. The molecule has 0 N–H and O–H groups in total. The van der Waals surface area contributed by atoms with Crippen LogP contribution in [0.5, 0.6) is 0 Å². The van der Waals surface area contributed by atoms with E-state index in [9.17, 15) is 22.0 Å². The van der Waals surface area contributed by atoms with Gasteiger partial charge >= 0.3 is 10.9 Å². The molecule has 1 heterocycles. The molecule has 0 aliphatic carbocycles. The fourth-order valence-electron chi connectivity index (χ4n) is 1.79. The summed E-state index contributed by atoms with van der Waals surface area (Å²) in [4.78, 5) is 3.85. The topological polar surface area (TPSA) is 17.8 Å². The minimum Gasteiger partial charge on any atom is -0.287 e. The van der Waals surface area contributed by atoms with Gasteiger partial charge in [0.15, 0.2) is 0 Å². The third kappa shape index (κ3) is 4.63. The molecule has 2 aromatic rings. The maximum Gasteiger partial charge on any atom is 0.416 e. The Bertz CT molecular complexity index is 758. The van der Waals surface area contributed by atoms with Crippen molar-refractivity contribution in [2.75, 3.05) is 6.26 Å². The summed E-state index contributed by atoms with van der Waals surface area (Å²) >= 11 is 17.6. The van der Waals surface area contributed by atoms with Crippen molar-refractivity contribution in [1.29, 1.82) is 0 Å². The molecule has 0 aliphatic heterocycles. The fourth-order valence-corrected chi connectivity index (χ4v) is 3.84. The largest absolute Gasteiger partial charge is 0.416 e. The maximum absolute atomic E-state index is 12.9. The Balaban J connectivity index is 2.57. The van der Waals surface area contributed by atoms with E-state index in [4.69, 9.17) is 34.8 Å². The number of halogens is 8. The first-order valence-corrected chi connectivity index (χ1v) is 9.05. The summed E-state index contributed by atoms with van der Waals surface area (Å²) in [5.74, 6) is 0. The van der Waals surface area contributed by atoms with Crippen molar-refractivity contribution in [2.45, 2.75) is 20.8 Å². The third-order valence-electron chi connectivity index (χ3n) is 2.68. The van der Waals surface area contributed by atoms with E-state index in [0.29, 0.717) is 0 Å². The molecular weight excluding hydrogens is 438 g/mol. The van der Waals surface area contributed by atoms with Crippen LogP contribution in [-0.2, 0) is 6.18 Å². The summed E-state index contributed by atoms with van der Waals surface area (Å²) in [6.45, 7) is 0. The highest BCUT2D eigenvalue weighted by atomic mass is 35.5. The number of hydrogen-bond acceptors (Lipinski definition) is 3. The number of aromatic nitrogens is 2. The Morgan fingerprint density at radius 2 is 1.75 bits per heavy atom. The van der Waals surface area contributed by atoms with Crippen LogP contribution in [0.2, 0.25) is 10.3 Å². The van der Waals surface area contributed by atoms with E-state index in [1.807, 2.05) is 0 Å². The van der Waals surface area contributed by atoms with Gasteiger partial charge < -0.3 is 0 Å². The number of rotatable bonds is 4. The molecule has 1 aromatic carbocycles. The fraction of sp³-hybridized carbons (Fsp3) is 0.250.